The zero-order valence-corrected chi connectivity index (χ0v) is 18.3. The Labute approximate surface area is 189 Å². The number of aromatic nitrogens is 4. The largest absolute Gasteiger partial charge is 0.344 e. The van der Waals surface area contributed by atoms with Gasteiger partial charge in [0.05, 0.1) is 17.5 Å². The first-order valence-corrected chi connectivity index (χ1v) is 11.0. The number of thioether (sulfide) groups is 1. The second kappa shape index (κ2) is 9.76. The number of hydrogen-bond acceptors (Lipinski definition) is 5. The minimum Gasteiger partial charge on any atom is -0.344 e. The zero-order chi connectivity index (χ0) is 21.6. The van der Waals surface area contributed by atoms with Crippen molar-refractivity contribution in [3.63, 3.8) is 0 Å². The van der Waals surface area contributed by atoms with E-state index in [-0.39, 0.29) is 17.7 Å². The number of carbonyl (C=O) groups excluding carboxylic acids is 1. The molecule has 1 aromatic heterocycles. The van der Waals surface area contributed by atoms with Gasteiger partial charge in [-0.05, 0) is 58.3 Å². The first-order valence-electron chi connectivity index (χ1n) is 9.68. The topological polar surface area (TPSA) is 72.7 Å². The summed E-state index contributed by atoms with van der Waals surface area (Å²) in [4.78, 5) is 12.8. The van der Waals surface area contributed by atoms with Crippen molar-refractivity contribution in [1.82, 2.24) is 25.5 Å². The summed E-state index contributed by atoms with van der Waals surface area (Å²) in [5, 5.41) is 16.2. The number of amides is 1. The maximum absolute atomic E-state index is 12.8. The normalized spacial score (nSPS) is 11.8. The predicted molar refractivity (Wildman–Crippen MR) is 122 cm³/mol. The Morgan fingerprint density at radius 2 is 1.77 bits per heavy atom. The van der Waals surface area contributed by atoms with Gasteiger partial charge in [0.15, 0.2) is 0 Å². The lowest BCUT2D eigenvalue weighted by atomic mass is 9.99. The van der Waals surface area contributed by atoms with Crippen LogP contribution in [0.1, 0.15) is 22.7 Å². The summed E-state index contributed by atoms with van der Waals surface area (Å²) in [6.45, 7) is 2.01. The van der Waals surface area contributed by atoms with Crippen LogP contribution < -0.4 is 5.32 Å². The van der Waals surface area contributed by atoms with E-state index in [1.54, 1.807) is 4.68 Å². The number of benzene rings is 3. The van der Waals surface area contributed by atoms with Gasteiger partial charge in [-0.25, -0.2) is 0 Å². The number of hydrogen-bond donors (Lipinski definition) is 1. The molecule has 31 heavy (non-hydrogen) atoms. The summed E-state index contributed by atoms with van der Waals surface area (Å²) in [6.07, 6.45) is 0. The summed E-state index contributed by atoms with van der Waals surface area (Å²) in [6, 6.07) is 24.9. The lowest BCUT2D eigenvalue weighted by molar-refractivity contribution is -0.119. The van der Waals surface area contributed by atoms with Crippen molar-refractivity contribution in [1.29, 1.82) is 0 Å². The molecule has 0 saturated heterocycles. The quantitative estimate of drug-likeness (QED) is 0.417. The van der Waals surface area contributed by atoms with Gasteiger partial charge >= 0.3 is 0 Å². The van der Waals surface area contributed by atoms with E-state index < -0.39 is 0 Å². The van der Waals surface area contributed by atoms with Crippen LogP contribution in [-0.4, -0.2) is 31.9 Å². The van der Waals surface area contributed by atoms with Crippen molar-refractivity contribution >= 4 is 29.3 Å². The summed E-state index contributed by atoms with van der Waals surface area (Å²) >= 11 is 7.33. The van der Waals surface area contributed by atoms with E-state index in [0.717, 1.165) is 22.4 Å². The molecule has 0 fully saturated rings. The van der Waals surface area contributed by atoms with Crippen LogP contribution in [0.2, 0.25) is 5.02 Å². The fourth-order valence-electron chi connectivity index (χ4n) is 3.18. The fraction of sp³-hybridized carbons (Fsp3) is 0.130. The van der Waals surface area contributed by atoms with Gasteiger partial charge in [0.2, 0.25) is 11.1 Å². The molecule has 0 bridgehead atoms. The third-order valence-corrected chi connectivity index (χ3v) is 5.83. The lowest BCUT2D eigenvalue weighted by Crippen LogP contribution is -2.30. The van der Waals surface area contributed by atoms with Gasteiger partial charge in [0.1, 0.15) is 0 Å². The molecule has 4 aromatic rings. The SMILES string of the molecule is Cc1cccc(-n2nnnc2SCC(=O)N[C@@H](c2ccccc2)c2ccc(Cl)cc2)c1. The van der Waals surface area contributed by atoms with Crippen LogP contribution in [0, 0.1) is 6.92 Å². The van der Waals surface area contributed by atoms with Gasteiger partial charge in [-0.2, -0.15) is 4.68 Å². The summed E-state index contributed by atoms with van der Waals surface area (Å²) in [5.74, 6) is 0.0657. The van der Waals surface area contributed by atoms with E-state index in [1.165, 1.54) is 11.8 Å². The maximum atomic E-state index is 12.8. The zero-order valence-electron chi connectivity index (χ0n) is 16.8. The molecule has 0 spiro atoms. The predicted octanol–water partition coefficient (Wildman–Crippen LogP) is 4.62. The van der Waals surface area contributed by atoms with Crippen LogP contribution in [0.5, 0.6) is 0 Å². The Morgan fingerprint density at radius 1 is 1.03 bits per heavy atom. The van der Waals surface area contributed by atoms with Gasteiger partial charge < -0.3 is 5.32 Å². The molecule has 8 heteroatoms. The van der Waals surface area contributed by atoms with Gasteiger partial charge in [-0.1, -0.05) is 78.0 Å². The molecular weight excluding hydrogens is 430 g/mol. The van der Waals surface area contributed by atoms with E-state index in [9.17, 15) is 4.79 Å². The number of rotatable bonds is 7. The summed E-state index contributed by atoms with van der Waals surface area (Å²) < 4.78 is 1.64. The van der Waals surface area contributed by atoms with E-state index in [1.807, 2.05) is 85.8 Å². The molecule has 1 heterocycles. The Balaban J connectivity index is 1.48. The second-order valence-corrected chi connectivity index (χ2v) is 8.34. The van der Waals surface area contributed by atoms with Crippen LogP contribution in [0.3, 0.4) is 0 Å². The molecule has 0 aliphatic heterocycles. The molecule has 0 radical (unpaired) electrons. The van der Waals surface area contributed by atoms with Crippen LogP contribution in [0.25, 0.3) is 5.69 Å². The van der Waals surface area contributed by atoms with E-state index in [4.69, 9.17) is 11.6 Å². The molecule has 1 N–H and O–H groups in total. The smallest absolute Gasteiger partial charge is 0.231 e. The molecule has 1 amide bonds. The number of aryl methyl sites for hydroxylation is 1. The van der Waals surface area contributed by atoms with Crippen molar-refractivity contribution in [3.8, 4) is 5.69 Å². The highest BCUT2D eigenvalue weighted by Crippen LogP contribution is 2.24. The number of carbonyl (C=O) groups is 1. The van der Waals surface area contributed by atoms with Gasteiger partial charge in [0, 0.05) is 5.02 Å². The molecule has 3 aromatic carbocycles. The van der Waals surface area contributed by atoms with Crippen molar-refractivity contribution in [3.05, 3.63) is 101 Å². The van der Waals surface area contributed by atoms with Gasteiger partial charge in [-0.3, -0.25) is 4.79 Å². The molecular formula is C23H20ClN5OS. The lowest BCUT2D eigenvalue weighted by Gasteiger charge is -2.20. The maximum Gasteiger partial charge on any atom is 0.231 e. The highest BCUT2D eigenvalue weighted by molar-refractivity contribution is 7.99. The molecule has 0 aliphatic rings. The Kier molecular flexibility index (Phi) is 6.64. The van der Waals surface area contributed by atoms with Crippen molar-refractivity contribution in [2.75, 3.05) is 5.75 Å². The highest BCUT2D eigenvalue weighted by Gasteiger charge is 2.18. The standard InChI is InChI=1S/C23H20ClN5OS/c1-16-6-5-9-20(14-16)29-23(26-27-28-29)31-15-21(30)25-22(17-7-3-2-4-8-17)18-10-12-19(24)13-11-18/h2-14,22H,15H2,1H3,(H,25,30)/t22-/m0/s1. The fourth-order valence-corrected chi connectivity index (χ4v) is 4.01. The Hall–Kier alpha value is -3.16. The van der Waals surface area contributed by atoms with E-state index in [0.29, 0.717) is 10.2 Å². The molecule has 0 saturated carbocycles. The molecule has 0 unspecified atom stereocenters. The van der Waals surface area contributed by atoms with Crippen LogP contribution >= 0.6 is 23.4 Å². The Bertz CT molecular complexity index is 1160. The molecule has 156 valence electrons. The Morgan fingerprint density at radius 3 is 2.52 bits per heavy atom. The van der Waals surface area contributed by atoms with E-state index in [2.05, 4.69) is 20.8 Å². The first-order chi connectivity index (χ1) is 15.1. The van der Waals surface area contributed by atoms with Crippen molar-refractivity contribution in [2.45, 2.75) is 18.1 Å². The van der Waals surface area contributed by atoms with Crippen LogP contribution in [-0.2, 0) is 4.79 Å². The summed E-state index contributed by atoms with van der Waals surface area (Å²) in [5.41, 5.74) is 3.91. The molecule has 1 atom stereocenters. The monoisotopic (exact) mass is 449 g/mol. The second-order valence-electron chi connectivity index (χ2n) is 6.96. The van der Waals surface area contributed by atoms with E-state index >= 15 is 0 Å². The number of halogens is 1. The number of nitrogens with zero attached hydrogens (tertiary/aromatic N) is 4. The van der Waals surface area contributed by atoms with Crippen LogP contribution in [0.15, 0.2) is 84.0 Å². The molecule has 4 rings (SSSR count). The van der Waals surface area contributed by atoms with Crippen LogP contribution in [0.4, 0.5) is 0 Å². The van der Waals surface area contributed by atoms with Gasteiger partial charge in [-0.15, -0.1) is 5.10 Å². The molecule has 0 aliphatic carbocycles. The third kappa shape index (κ3) is 5.31. The first kappa shape index (κ1) is 21.1. The highest BCUT2D eigenvalue weighted by atomic mass is 35.5. The third-order valence-electron chi connectivity index (χ3n) is 4.66. The number of nitrogens with one attached hydrogen (secondary N) is 1. The average molecular weight is 450 g/mol. The van der Waals surface area contributed by atoms with Gasteiger partial charge in [0.25, 0.3) is 0 Å². The number of tetrazole rings is 1. The minimum atomic E-state index is -0.278. The minimum absolute atomic E-state index is 0.118. The van der Waals surface area contributed by atoms with Crippen molar-refractivity contribution < 1.29 is 4.79 Å². The molecule has 6 nitrogen and oxygen atoms in total. The average Bonchev–Trinajstić information content (AvgIpc) is 3.26. The summed E-state index contributed by atoms with van der Waals surface area (Å²) in [7, 11) is 0. The van der Waals surface area contributed by atoms with Crippen molar-refractivity contribution in [2.24, 2.45) is 0 Å².